The first-order valence-corrected chi connectivity index (χ1v) is 6.24. The minimum atomic E-state index is -1.07. The van der Waals surface area contributed by atoms with Crippen molar-refractivity contribution in [2.75, 3.05) is 3.94 Å². The molecule has 98 valence electrons. The van der Waals surface area contributed by atoms with E-state index >= 15 is 0 Å². The molecular formula is C14H11Cl2NO2. The van der Waals surface area contributed by atoms with Crippen molar-refractivity contribution in [1.82, 2.24) is 0 Å². The highest BCUT2D eigenvalue weighted by molar-refractivity contribution is 6.50. The number of aryl methyl sites for hydroxylation is 1. The van der Waals surface area contributed by atoms with E-state index in [-0.39, 0.29) is 11.3 Å². The highest BCUT2D eigenvalue weighted by Crippen LogP contribution is 2.37. The summed E-state index contributed by atoms with van der Waals surface area (Å²) in [6.45, 7) is 1.94. The van der Waals surface area contributed by atoms with Crippen molar-refractivity contribution in [1.29, 1.82) is 0 Å². The van der Waals surface area contributed by atoms with Crippen LogP contribution in [-0.4, -0.2) is 11.1 Å². The highest BCUT2D eigenvalue weighted by atomic mass is 35.5. The molecule has 0 unspecified atom stereocenters. The van der Waals surface area contributed by atoms with Crippen molar-refractivity contribution in [2.45, 2.75) is 6.92 Å². The molecule has 0 saturated heterocycles. The summed E-state index contributed by atoms with van der Waals surface area (Å²) in [6, 6.07) is 12.6. The summed E-state index contributed by atoms with van der Waals surface area (Å²) in [5.41, 5.74) is 2.93. The van der Waals surface area contributed by atoms with Gasteiger partial charge in [0.05, 0.1) is 11.3 Å². The number of nitrogens with zero attached hydrogens (tertiary/aromatic N) is 1. The van der Waals surface area contributed by atoms with E-state index in [2.05, 4.69) is 0 Å². The first-order chi connectivity index (χ1) is 9.02. The van der Waals surface area contributed by atoms with Gasteiger partial charge in [-0.25, -0.2) is 4.79 Å². The summed E-state index contributed by atoms with van der Waals surface area (Å²) < 4.78 is 0.797. The third kappa shape index (κ3) is 2.67. The molecule has 0 heterocycles. The monoisotopic (exact) mass is 295 g/mol. The van der Waals surface area contributed by atoms with E-state index in [1.165, 1.54) is 6.07 Å². The Morgan fingerprint density at radius 3 is 2.26 bits per heavy atom. The predicted molar refractivity (Wildman–Crippen MR) is 77.8 cm³/mol. The lowest BCUT2D eigenvalue weighted by molar-refractivity contribution is 0.0698. The number of carboxylic acids is 1. The van der Waals surface area contributed by atoms with Gasteiger partial charge in [-0.05, 0) is 24.1 Å². The Balaban J connectivity index is 2.74. The van der Waals surface area contributed by atoms with Gasteiger partial charge in [0.25, 0.3) is 0 Å². The summed E-state index contributed by atoms with van der Waals surface area (Å²) in [5, 5.41) is 9.21. The zero-order valence-corrected chi connectivity index (χ0v) is 11.6. The minimum Gasteiger partial charge on any atom is -0.478 e. The molecule has 2 rings (SSSR count). The maximum absolute atomic E-state index is 11.3. The molecule has 0 saturated carbocycles. The zero-order chi connectivity index (χ0) is 14.0. The van der Waals surface area contributed by atoms with Crippen molar-refractivity contribution in [3.63, 3.8) is 0 Å². The molecule has 0 aliphatic carbocycles. The molecule has 0 bridgehead atoms. The van der Waals surface area contributed by atoms with E-state index in [1.54, 1.807) is 12.1 Å². The molecular weight excluding hydrogens is 285 g/mol. The number of rotatable bonds is 3. The fourth-order valence-corrected chi connectivity index (χ4v) is 2.35. The van der Waals surface area contributed by atoms with E-state index < -0.39 is 5.97 Å². The first kappa shape index (κ1) is 13.7. The zero-order valence-electron chi connectivity index (χ0n) is 10.1. The van der Waals surface area contributed by atoms with Gasteiger partial charge >= 0.3 is 5.97 Å². The fourth-order valence-electron chi connectivity index (χ4n) is 1.99. The van der Waals surface area contributed by atoms with Crippen molar-refractivity contribution in [2.24, 2.45) is 0 Å². The van der Waals surface area contributed by atoms with Gasteiger partial charge in [-0.15, -0.1) is 0 Å². The lowest BCUT2D eigenvalue weighted by atomic mass is 9.97. The summed E-state index contributed by atoms with van der Waals surface area (Å²) in [5.74, 6) is -1.07. The maximum atomic E-state index is 11.3. The van der Waals surface area contributed by atoms with Crippen LogP contribution in [0.15, 0.2) is 42.5 Å². The van der Waals surface area contributed by atoms with E-state index in [9.17, 15) is 9.90 Å². The predicted octanol–water partition coefficient (Wildman–Crippen LogP) is 4.47. The van der Waals surface area contributed by atoms with Crippen LogP contribution in [0.5, 0.6) is 0 Å². The molecule has 2 aromatic carbocycles. The van der Waals surface area contributed by atoms with E-state index in [4.69, 9.17) is 23.6 Å². The standard InChI is InChI=1S/C14H11Cl2NO2/c1-9-5-2-3-6-10(9)11-7-4-8-12(14(18)19)13(11)17(15)16/h2-8H,1H3,(H,18,19). The molecule has 0 aliphatic heterocycles. The second kappa shape index (κ2) is 5.51. The van der Waals surface area contributed by atoms with Gasteiger partial charge in [0.1, 0.15) is 0 Å². The Kier molecular flexibility index (Phi) is 3.98. The third-order valence-electron chi connectivity index (χ3n) is 2.87. The minimum absolute atomic E-state index is 0.0609. The van der Waals surface area contributed by atoms with Gasteiger partial charge in [-0.1, -0.05) is 36.4 Å². The molecule has 0 aliphatic rings. The molecule has 3 nitrogen and oxygen atoms in total. The Labute approximate surface area is 121 Å². The molecule has 0 amide bonds. The largest absolute Gasteiger partial charge is 0.478 e. The Hall–Kier alpha value is -1.71. The number of halogens is 2. The van der Waals surface area contributed by atoms with Crippen LogP contribution in [0.1, 0.15) is 15.9 Å². The lowest BCUT2D eigenvalue weighted by Crippen LogP contribution is -2.06. The van der Waals surface area contributed by atoms with E-state index in [0.29, 0.717) is 5.56 Å². The van der Waals surface area contributed by atoms with Crippen LogP contribution < -0.4 is 3.94 Å². The van der Waals surface area contributed by atoms with Gasteiger partial charge in [0.15, 0.2) is 0 Å². The van der Waals surface area contributed by atoms with Gasteiger partial charge < -0.3 is 5.11 Å². The molecule has 0 spiro atoms. The normalized spacial score (nSPS) is 10.3. The van der Waals surface area contributed by atoms with Gasteiger partial charge in [0.2, 0.25) is 0 Å². The molecule has 5 heteroatoms. The summed E-state index contributed by atoms with van der Waals surface area (Å²) in [7, 11) is 0. The molecule has 1 N–H and O–H groups in total. The summed E-state index contributed by atoms with van der Waals surface area (Å²) in [4.78, 5) is 11.3. The lowest BCUT2D eigenvalue weighted by Gasteiger charge is -2.16. The van der Waals surface area contributed by atoms with E-state index in [1.807, 2.05) is 31.2 Å². The van der Waals surface area contributed by atoms with Crippen LogP contribution in [0.4, 0.5) is 5.69 Å². The third-order valence-corrected chi connectivity index (χ3v) is 3.21. The molecule has 0 radical (unpaired) electrons. The van der Waals surface area contributed by atoms with Gasteiger partial charge in [-0.3, -0.25) is 0 Å². The second-order valence-electron chi connectivity index (χ2n) is 4.05. The van der Waals surface area contributed by atoms with Crippen molar-refractivity contribution >= 4 is 35.2 Å². The number of para-hydroxylation sites is 1. The number of hydrogen-bond acceptors (Lipinski definition) is 2. The smallest absolute Gasteiger partial charge is 0.337 e. The van der Waals surface area contributed by atoms with Crippen LogP contribution >= 0.6 is 23.6 Å². The molecule has 0 fully saturated rings. The first-order valence-electron chi connectivity index (χ1n) is 5.56. The average Bonchev–Trinajstić information content (AvgIpc) is 2.38. The van der Waals surface area contributed by atoms with Crippen molar-refractivity contribution < 1.29 is 9.90 Å². The topological polar surface area (TPSA) is 40.5 Å². The fraction of sp³-hybridized carbons (Fsp3) is 0.0714. The molecule has 0 atom stereocenters. The van der Waals surface area contributed by atoms with Crippen molar-refractivity contribution in [3.05, 3.63) is 53.6 Å². The number of hydrogen-bond donors (Lipinski definition) is 1. The van der Waals surface area contributed by atoms with Crippen LogP contribution in [0.25, 0.3) is 11.1 Å². The van der Waals surface area contributed by atoms with Crippen molar-refractivity contribution in [3.8, 4) is 11.1 Å². The number of benzene rings is 2. The van der Waals surface area contributed by atoms with E-state index in [0.717, 1.165) is 15.1 Å². The average molecular weight is 296 g/mol. The molecule has 0 aromatic heterocycles. The number of carboxylic acid groups (broad SMARTS) is 1. The Morgan fingerprint density at radius 1 is 1.05 bits per heavy atom. The Bertz CT molecular complexity index is 627. The van der Waals surface area contributed by atoms with Crippen LogP contribution in [0, 0.1) is 6.92 Å². The van der Waals surface area contributed by atoms with Crippen LogP contribution in [-0.2, 0) is 0 Å². The SMILES string of the molecule is Cc1ccccc1-c1cccc(C(=O)O)c1N(Cl)Cl. The Morgan fingerprint density at radius 2 is 1.68 bits per heavy atom. The van der Waals surface area contributed by atoms with Crippen LogP contribution in [0.2, 0.25) is 0 Å². The number of carbonyl (C=O) groups is 1. The molecule has 19 heavy (non-hydrogen) atoms. The molecule has 2 aromatic rings. The highest BCUT2D eigenvalue weighted by Gasteiger charge is 2.19. The van der Waals surface area contributed by atoms with Gasteiger partial charge in [0, 0.05) is 29.1 Å². The quantitative estimate of drug-likeness (QED) is 0.849. The second-order valence-corrected chi connectivity index (χ2v) is 4.90. The maximum Gasteiger partial charge on any atom is 0.337 e. The van der Waals surface area contributed by atoms with Crippen LogP contribution in [0.3, 0.4) is 0 Å². The van der Waals surface area contributed by atoms with Gasteiger partial charge in [-0.2, -0.15) is 3.94 Å². The summed E-state index contributed by atoms with van der Waals surface area (Å²) in [6.07, 6.45) is 0. The number of aromatic carboxylic acids is 1. The summed E-state index contributed by atoms with van der Waals surface area (Å²) >= 11 is 11.6. The number of anilines is 1.